The number of pyridine rings is 1. The van der Waals surface area contributed by atoms with Crippen LogP contribution in [0.5, 0.6) is 0 Å². The molecule has 3 rings (SSSR count). The standard InChI is InChI=1S/C16H22ClN3/c1-3-12-4-6-13(7-5-12)20-15-8-9-18-10-14(15)19-16(20)11(2)17/h8-13H,3-7H2,1-2H3. The molecule has 0 aromatic carbocycles. The largest absolute Gasteiger partial charge is 0.324 e. The number of hydrogen-bond acceptors (Lipinski definition) is 2. The summed E-state index contributed by atoms with van der Waals surface area (Å²) in [7, 11) is 0. The Balaban J connectivity index is 1.99. The highest BCUT2D eigenvalue weighted by molar-refractivity contribution is 6.20. The highest BCUT2D eigenvalue weighted by atomic mass is 35.5. The SMILES string of the molecule is CCC1CCC(n2c(C(C)Cl)nc3cnccc32)CC1. The molecule has 0 N–H and O–H groups in total. The van der Waals surface area contributed by atoms with Crippen molar-refractivity contribution >= 4 is 22.6 Å². The van der Waals surface area contributed by atoms with Crippen LogP contribution in [-0.2, 0) is 0 Å². The van der Waals surface area contributed by atoms with Crippen LogP contribution in [0.25, 0.3) is 11.0 Å². The van der Waals surface area contributed by atoms with E-state index in [1.54, 1.807) is 0 Å². The fourth-order valence-electron chi connectivity index (χ4n) is 3.44. The van der Waals surface area contributed by atoms with Crippen LogP contribution < -0.4 is 0 Å². The summed E-state index contributed by atoms with van der Waals surface area (Å²) in [4.78, 5) is 8.87. The quantitative estimate of drug-likeness (QED) is 0.755. The lowest BCUT2D eigenvalue weighted by atomic mass is 9.84. The molecule has 3 nitrogen and oxygen atoms in total. The number of nitrogens with zero attached hydrogens (tertiary/aromatic N) is 3. The molecule has 20 heavy (non-hydrogen) atoms. The summed E-state index contributed by atoms with van der Waals surface area (Å²) in [6.07, 6.45) is 10.1. The average molecular weight is 292 g/mol. The van der Waals surface area contributed by atoms with Gasteiger partial charge in [-0.2, -0.15) is 0 Å². The Morgan fingerprint density at radius 1 is 1.35 bits per heavy atom. The van der Waals surface area contributed by atoms with E-state index in [0.29, 0.717) is 6.04 Å². The summed E-state index contributed by atoms with van der Waals surface area (Å²) in [6.45, 7) is 4.31. The first-order valence-electron chi connectivity index (χ1n) is 7.66. The van der Waals surface area contributed by atoms with Gasteiger partial charge in [-0.05, 0) is 44.6 Å². The van der Waals surface area contributed by atoms with E-state index in [1.165, 1.54) is 37.6 Å². The summed E-state index contributed by atoms with van der Waals surface area (Å²) < 4.78 is 2.38. The molecule has 1 fully saturated rings. The Hall–Kier alpha value is -1.09. The zero-order valence-electron chi connectivity index (χ0n) is 12.2. The Morgan fingerprint density at radius 2 is 2.10 bits per heavy atom. The normalized spacial score (nSPS) is 24.9. The molecule has 108 valence electrons. The number of halogens is 1. The van der Waals surface area contributed by atoms with Crippen molar-refractivity contribution in [2.24, 2.45) is 5.92 Å². The second-order valence-electron chi connectivity index (χ2n) is 5.90. The topological polar surface area (TPSA) is 30.7 Å². The van der Waals surface area contributed by atoms with Crippen LogP contribution in [0.15, 0.2) is 18.5 Å². The van der Waals surface area contributed by atoms with Crippen molar-refractivity contribution < 1.29 is 0 Å². The Morgan fingerprint density at radius 3 is 2.75 bits per heavy atom. The first kappa shape index (κ1) is 13.9. The maximum absolute atomic E-state index is 6.35. The van der Waals surface area contributed by atoms with E-state index in [-0.39, 0.29) is 5.38 Å². The van der Waals surface area contributed by atoms with E-state index in [9.17, 15) is 0 Å². The molecule has 2 aromatic rings. The molecule has 0 radical (unpaired) electrons. The lowest BCUT2D eigenvalue weighted by Gasteiger charge is -2.30. The van der Waals surface area contributed by atoms with Crippen molar-refractivity contribution in [2.75, 3.05) is 0 Å². The van der Waals surface area contributed by atoms with Gasteiger partial charge < -0.3 is 4.57 Å². The van der Waals surface area contributed by atoms with E-state index in [0.717, 1.165) is 17.3 Å². The van der Waals surface area contributed by atoms with Gasteiger partial charge in [-0.15, -0.1) is 11.6 Å². The van der Waals surface area contributed by atoms with Crippen LogP contribution in [-0.4, -0.2) is 14.5 Å². The van der Waals surface area contributed by atoms with Gasteiger partial charge in [0.2, 0.25) is 0 Å². The molecule has 2 aromatic heterocycles. The second-order valence-corrected chi connectivity index (χ2v) is 6.56. The van der Waals surface area contributed by atoms with E-state index in [1.807, 2.05) is 19.3 Å². The van der Waals surface area contributed by atoms with Crippen LogP contribution in [0.2, 0.25) is 0 Å². The number of alkyl halides is 1. The molecule has 1 aliphatic rings. The molecule has 1 saturated carbocycles. The average Bonchev–Trinajstić information content (AvgIpc) is 2.87. The van der Waals surface area contributed by atoms with Crippen LogP contribution in [0.4, 0.5) is 0 Å². The van der Waals surface area contributed by atoms with Crippen molar-refractivity contribution in [2.45, 2.75) is 57.4 Å². The highest BCUT2D eigenvalue weighted by Crippen LogP contribution is 2.38. The Bertz CT molecular complexity index is 582. The minimum absolute atomic E-state index is 0.0636. The molecule has 1 aliphatic carbocycles. The van der Waals surface area contributed by atoms with Gasteiger partial charge in [0.25, 0.3) is 0 Å². The molecule has 1 unspecified atom stereocenters. The summed E-state index contributed by atoms with van der Waals surface area (Å²) in [5.74, 6) is 1.90. The summed E-state index contributed by atoms with van der Waals surface area (Å²) in [5.41, 5.74) is 2.15. The third-order valence-electron chi connectivity index (χ3n) is 4.63. The molecule has 0 bridgehead atoms. The Kier molecular flexibility index (Phi) is 3.97. The van der Waals surface area contributed by atoms with Gasteiger partial charge >= 0.3 is 0 Å². The third kappa shape index (κ3) is 2.44. The van der Waals surface area contributed by atoms with Gasteiger partial charge in [0.1, 0.15) is 11.3 Å². The maximum Gasteiger partial charge on any atom is 0.128 e. The van der Waals surface area contributed by atoms with Crippen molar-refractivity contribution in [1.29, 1.82) is 0 Å². The van der Waals surface area contributed by atoms with Crippen molar-refractivity contribution in [3.8, 4) is 0 Å². The summed E-state index contributed by atoms with van der Waals surface area (Å²) in [5, 5.41) is -0.0636. The van der Waals surface area contributed by atoms with Crippen molar-refractivity contribution in [3.63, 3.8) is 0 Å². The van der Waals surface area contributed by atoms with Gasteiger partial charge in [0, 0.05) is 12.2 Å². The lowest BCUT2D eigenvalue weighted by molar-refractivity contribution is 0.269. The summed E-state index contributed by atoms with van der Waals surface area (Å²) >= 11 is 6.35. The molecule has 1 atom stereocenters. The fourth-order valence-corrected chi connectivity index (χ4v) is 3.60. The number of hydrogen-bond donors (Lipinski definition) is 0. The molecule has 0 saturated heterocycles. The highest BCUT2D eigenvalue weighted by Gasteiger charge is 2.26. The van der Waals surface area contributed by atoms with Crippen LogP contribution in [0, 0.1) is 5.92 Å². The van der Waals surface area contributed by atoms with Crippen molar-refractivity contribution in [3.05, 3.63) is 24.3 Å². The molecule has 0 spiro atoms. The molecular formula is C16H22ClN3. The number of aromatic nitrogens is 3. The molecule has 0 aliphatic heterocycles. The first-order valence-corrected chi connectivity index (χ1v) is 8.10. The van der Waals surface area contributed by atoms with E-state index >= 15 is 0 Å². The van der Waals surface area contributed by atoms with Crippen LogP contribution >= 0.6 is 11.6 Å². The Labute approximate surface area is 125 Å². The van der Waals surface area contributed by atoms with Crippen molar-refractivity contribution in [1.82, 2.24) is 14.5 Å². The molecular weight excluding hydrogens is 270 g/mol. The first-order chi connectivity index (χ1) is 9.70. The minimum Gasteiger partial charge on any atom is -0.324 e. The monoisotopic (exact) mass is 291 g/mol. The van der Waals surface area contributed by atoms with Gasteiger partial charge in [-0.1, -0.05) is 13.3 Å². The fraction of sp³-hybridized carbons (Fsp3) is 0.625. The zero-order chi connectivity index (χ0) is 14.1. The number of rotatable bonds is 3. The van der Waals surface area contributed by atoms with Crippen LogP contribution in [0.1, 0.15) is 63.2 Å². The van der Waals surface area contributed by atoms with E-state index < -0.39 is 0 Å². The number of fused-ring (bicyclic) bond motifs is 1. The smallest absolute Gasteiger partial charge is 0.128 e. The zero-order valence-corrected chi connectivity index (χ0v) is 13.0. The van der Waals surface area contributed by atoms with Gasteiger partial charge in [0.05, 0.1) is 17.1 Å². The molecule has 2 heterocycles. The number of imidazole rings is 1. The summed E-state index contributed by atoms with van der Waals surface area (Å²) in [6, 6.07) is 2.61. The van der Waals surface area contributed by atoms with Gasteiger partial charge in [0.15, 0.2) is 0 Å². The molecule has 4 heteroatoms. The maximum atomic E-state index is 6.35. The van der Waals surface area contributed by atoms with E-state index in [4.69, 9.17) is 16.6 Å². The van der Waals surface area contributed by atoms with E-state index in [2.05, 4.69) is 22.5 Å². The predicted octanol–water partition coefficient (Wildman–Crippen LogP) is 4.87. The molecule has 0 amide bonds. The van der Waals surface area contributed by atoms with Gasteiger partial charge in [-0.25, -0.2) is 4.98 Å². The van der Waals surface area contributed by atoms with Gasteiger partial charge in [-0.3, -0.25) is 4.98 Å². The minimum atomic E-state index is -0.0636. The second kappa shape index (κ2) is 5.72. The van der Waals surface area contributed by atoms with Crippen LogP contribution in [0.3, 0.4) is 0 Å². The lowest BCUT2D eigenvalue weighted by Crippen LogP contribution is -2.19. The predicted molar refractivity (Wildman–Crippen MR) is 83.1 cm³/mol. The third-order valence-corrected chi connectivity index (χ3v) is 4.83.